The Morgan fingerprint density at radius 1 is 0.892 bits per heavy atom. The SMILES string of the molecule is CN(C)C(=O)COc1nc(C2CCCCN2CC(=O)N(C)C)nc2c1CN(C(=O)C1CCCCC1)CC2. The minimum Gasteiger partial charge on any atom is -0.467 e. The van der Waals surface area contributed by atoms with Crippen molar-refractivity contribution in [1.82, 2.24) is 29.6 Å². The van der Waals surface area contributed by atoms with Crippen molar-refractivity contribution in [3.05, 3.63) is 17.1 Å². The standard InChI is InChI=1S/C27H42N6O4/c1-30(2)23(34)17-32-14-9-8-12-22(32)25-28-21-13-15-33(27(36)19-10-6-5-7-11-19)16-20(21)26(29-25)37-18-24(35)31(3)4/h19,22H,5-18H2,1-4H3. The number of nitrogens with zero attached hydrogens (tertiary/aromatic N) is 6. The van der Waals surface area contributed by atoms with Crippen molar-refractivity contribution in [1.29, 1.82) is 0 Å². The predicted molar refractivity (Wildman–Crippen MR) is 139 cm³/mol. The molecular formula is C27H42N6O4. The maximum atomic E-state index is 13.3. The Hall–Kier alpha value is -2.75. The van der Waals surface area contributed by atoms with Crippen LogP contribution in [0, 0.1) is 5.92 Å². The van der Waals surface area contributed by atoms with Crippen molar-refractivity contribution >= 4 is 17.7 Å². The van der Waals surface area contributed by atoms with Gasteiger partial charge in [0.25, 0.3) is 5.91 Å². The third-order valence-electron chi connectivity index (χ3n) is 7.89. The first-order valence-corrected chi connectivity index (χ1v) is 13.7. The van der Waals surface area contributed by atoms with Crippen LogP contribution in [0.5, 0.6) is 5.88 Å². The lowest BCUT2D eigenvalue weighted by atomic mass is 9.87. The van der Waals surface area contributed by atoms with Gasteiger partial charge in [0.05, 0.1) is 30.4 Å². The van der Waals surface area contributed by atoms with Crippen LogP contribution >= 0.6 is 0 Å². The fourth-order valence-corrected chi connectivity index (χ4v) is 5.51. The summed E-state index contributed by atoms with van der Waals surface area (Å²) in [4.78, 5) is 55.1. The molecule has 1 aromatic heterocycles. The number of rotatable bonds is 7. The Labute approximate surface area is 220 Å². The number of piperidine rings is 1. The molecule has 0 spiro atoms. The molecule has 0 bridgehead atoms. The number of likely N-dealkylation sites (N-methyl/N-ethyl adjacent to an activating group) is 2. The Morgan fingerprint density at radius 3 is 2.30 bits per heavy atom. The van der Waals surface area contributed by atoms with Gasteiger partial charge in [0.1, 0.15) is 5.82 Å². The molecule has 204 valence electrons. The summed E-state index contributed by atoms with van der Waals surface area (Å²) in [7, 11) is 6.92. The number of hydrogen-bond donors (Lipinski definition) is 0. The van der Waals surface area contributed by atoms with Gasteiger partial charge in [-0.25, -0.2) is 4.98 Å². The summed E-state index contributed by atoms with van der Waals surface area (Å²) in [6.45, 7) is 2.03. The van der Waals surface area contributed by atoms with Crippen LogP contribution in [0.1, 0.15) is 74.5 Å². The lowest BCUT2D eigenvalue weighted by Crippen LogP contribution is -2.43. The third-order valence-corrected chi connectivity index (χ3v) is 7.89. The van der Waals surface area contributed by atoms with Crippen LogP contribution in [0.25, 0.3) is 0 Å². The maximum absolute atomic E-state index is 13.3. The Kier molecular flexibility index (Phi) is 9.00. The molecule has 3 aliphatic rings. The Balaban J connectivity index is 1.61. The molecule has 10 heteroatoms. The summed E-state index contributed by atoms with van der Waals surface area (Å²) in [6, 6.07) is -0.0863. The zero-order chi connectivity index (χ0) is 26.5. The van der Waals surface area contributed by atoms with Gasteiger partial charge in [0.15, 0.2) is 6.61 Å². The zero-order valence-corrected chi connectivity index (χ0v) is 22.9. The van der Waals surface area contributed by atoms with Crippen LogP contribution in [0.15, 0.2) is 0 Å². The van der Waals surface area contributed by atoms with E-state index in [1.807, 2.05) is 4.90 Å². The average Bonchev–Trinajstić information content (AvgIpc) is 2.91. The summed E-state index contributed by atoms with van der Waals surface area (Å²) in [5.41, 5.74) is 1.69. The monoisotopic (exact) mass is 514 g/mol. The highest BCUT2D eigenvalue weighted by Gasteiger charge is 2.34. The van der Waals surface area contributed by atoms with Gasteiger partial charge in [0, 0.05) is 47.1 Å². The van der Waals surface area contributed by atoms with Gasteiger partial charge in [-0.05, 0) is 32.2 Å². The predicted octanol–water partition coefficient (Wildman–Crippen LogP) is 2.02. The summed E-state index contributed by atoms with van der Waals surface area (Å²) in [5.74, 6) is 1.24. The van der Waals surface area contributed by atoms with E-state index in [0.717, 1.165) is 62.7 Å². The van der Waals surface area contributed by atoms with Gasteiger partial charge in [-0.3, -0.25) is 19.3 Å². The van der Waals surface area contributed by atoms with Gasteiger partial charge in [0.2, 0.25) is 17.7 Å². The van der Waals surface area contributed by atoms with Crippen molar-refractivity contribution in [2.24, 2.45) is 5.92 Å². The second kappa shape index (κ2) is 12.2. The van der Waals surface area contributed by atoms with E-state index in [0.29, 0.717) is 37.8 Å². The average molecular weight is 515 g/mol. The number of ether oxygens (including phenoxy) is 1. The minimum absolute atomic E-state index is 0.0507. The highest BCUT2D eigenvalue weighted by atomic mass is 16.5. The molecule has 2 aliphatic heterocycles. The largest absolute Gasteiger partial charge is 0.467 e. The van der Waals surface area contributed by atoms with Crippen LogP contribution in [-0.2, 0) is 27.3 Å². The van der Waals surface area contributed by atoms with Crippen molar-refractivity contribution in [2.45, 2.75) is 70.4 Å². The van der Waals surface area contributed by atoms with E-state index < -0.39 is 0 Å². The van der Waals surface area contributed by atoms with Gasteiger partial charge in [-0.1, -0.05) is 25.7 Å². The van der Waals surface area contributed by atoms with Crippen molar-refractivity contribution < 1.29 is 19.1 Å². The molecule has 1 aliphatic carbocycles. The van der Waals surface area contributed by atoms with E-state index in [9.17, 15) is 14.4 Å². The number of amides is 3. The smallest absolute Gasteiger partial charge is 0.260 e. The molecule has 0 aromatic carbocycles. The molecule has 4 rings (SSSR count). The quantitative estimate of drug-likeness (QED) is 0.549. The topological polar surface area (TPSA) is 99.2 Å². The van der Waals surface area contributed by atoms with Crippen LogP contribution in [0.2, 0.25) is 0 Å². The van der Waals surface area contributed by atoms with E-state index in [4.69, 9.17) is 14.7 Å². The Morgan fingerprint density at radius 2 is 1.59 bits per heavy atom. The van der Waals surface area contributed by atoms with Crippen molar-refractivity contribution in [3.8, 4) is 5.88 Å². The van der Waals surface area contributed by atoms with E-state index in [1.165, 1.54) is 11.3 Å². The number of aromatic nitrogens is 2. The van der Waals surface area contributed by atoms with Gasteiger partial charge in [-0.15, -0.1) is 0 Å². The van der Waals surface area contributed by atoms with E-state index in [1.54, 1.807) is 33.1 Å². The first-order chi connectivity index (χ1) is 17.7. The second-order valence-electron chi connectivity index (χ2n) is 11.0. The molecule has 3 amide bonds. The Bertz CT molecular complexity index is 991. The molecule has 37 heavy (non-hydrogen) atoms. The number of fused-ring (bicyclic) bond motifs is 1. The lowest BCUT2D eigenvalue weighted by molar-refractivity contribution is -0.137. The lowest BCUT2D eigenvalue weighted by Gasteiger charge is -2.36. The highest BCUT2D eigenvalue weighted by molar-refractivity contribution is 5.79. The van der Waals surface area contributed by atoms with Crippen LogP contribution in [0.4, 0.5) is 0 Å². The van der Waals surface area contributed by atoms with Crippen LogP contribution in [-0.4, -0.2) is 102 Å². The number of hydrogen-bond acceptors (Lipinski definition) is 7. The highest BCUT2D eigenvalue weighted by Crippen LogP contribution is 2.34. The fraction of sp³-hybridized carbons (Fsp3) is 0.741. The molecule has 2 fully saturated rings. The molecule has 1 atom stereocenters. The second-order valence-corrected chi connectivity index (χ2v) is 11.0. The number of carbonyl (C=O) groups is 3. The zero-order valence-electron chi connectivity index (χ0n) is 22.9. The van der Waals surface area contributed by atoms with Crippen molar-refractivity contribution in [3.63, 3.8) is 0 Å². The number of likely N-dealkylation sites (tertiary alicyclic amines) is 1. The molecule has 1 unspecified atom stereocenters. The molecule has 3 heterocycles. The van der Waals surface area contributed by atoms with Gasteiger partial charge >= 0.3 is 0 Å². The summed E-state index contributed by atoms with van der Waals surface area (Å²) in [5, 5.41) is 0. The molecule has 0 N–H and O–H groups in total. The van der Waals surface area contributed by atoms with Gasteiger partial charge < -0.3 is 19.4 Å². The first-order valence-electron chi connectivity index (χ1n) is 13.7. The molecule has 0 radical (unpaired) electrons. The molecule has 1 saturated carbocycles. The summed E-state index contributed by atoms with van der Waals surface area (Å²) >= 11 is 0. The molecule has 1 saturated heterocycles. The van der Waals surface area contributed by atoms with E-state index in [-0.39, 0.29) is 36.3 Å². The molecule has 10 nitrogen and oxygen atoms in total. The normalized spacial score (nSPS) is 20.8. The summed E-state index contributed by atoms with van der Waals surface area (Å²) in [6.07, 6.45) is 8.91. The van der Waals surface area contributed by atoms with E-state index in [2.05, 4.69) is 4.90 Å². The number of carbonyl (C=O) groups excluding carboxylic acids is 3. The third kappa shape index (κ3) is 6.58. The van der Waals surface area contributed by atoms with Gasteiger partial charge in [-0.2, -0.15) is 4.98 Å². The van der Waals surface area contributed by atoms with Crippen LogP contribution < -0.4 is 4.74 Å². The molecular weight excluding hydrogens is 472 g/mol. The van der Waals surface area contributed by atoms with Crippen molar-refractivity contribution in [2.75, 3.05) is 54.4 Å². The maximum Gasteiger partial charge on any atom is 0.260 e. The molecule has 1 aromatic rings. The van der Waals surface area contributed by atoms with Crippen LogP contribution in [0.3, 0.4) is 0 Å². The summed E-state index contributed by atoms with van der Waals surface area (Å²) < 4.78 is 6.01. The first kappa shape index (κ1) is 27.3. The minimum atomic E-state index is -0.157. The van der Waals surface area contributed by atoms with E-state index >= 15 is 0 Å². The fourth-order valence-electron chi connectivity index (χ4n) is 5.51.